The zero-order valence-corrected chi connectivity index (χ0v) is 18.3. The molecule has 0 bridgehead atoms. The normalized spacial score (nSPS) is 11.3. The highest BCUT2D eigenvalue weighted by molar-refractivity contribution is 5.79. The number of pyridine rings is 1. The van der Waals surface area contributed by atoms with E-state index in [1.165, 1.54) is 5.56 Å². The molecule has 8 heteroatoms. The largest absolute Gasteiger partial charge is 0.493 e. The fraction of sp³-hybridized carbons (Fsp3) is 0.348. The Morgan fingerprint density at radius 1 is 1.10 bits per heavy atom. The van der Waals surface area contributed by atoms with E-state index in [4.69, 9.17) is 9.47 Å². The van der Waals surface area contributed by atoms with Crippen molar-refractivity contribution in [2.75, 3.05) is 27.3 Å². The summed E-state index contributed by atoms with van der Waals surface area (Å²) in [5, 5.41) is 10.9. The molecule has 0 aliphatic rings. The topological polar surface area (TPSA) is 85.6 Å². The maximum atomic E-state index is 5.66. The van der Waals surface area contributed by atoms with Crippen molar-refractivity contribution in [1.82, 2.24) is 25.4 Å². The zero-order valence-electron chi connectivity index (χ0n) is 18.3. The van der Waals surface area contributed by atoms with Gasteiger partial charge in [0.25, 0.3) is 0 Å². The van der Waals surface area contributed by atoms with Gasteiger partial charge in [0.1, 0.15) is 0 Å². The second-order valence-corrected chi connectivity index (χ2v) is 6.85. The quantitative estimate of drug-likeness (QED) is 0.297. The molecule has 2 heterocycles. The van der Waals surface area contributed by atoms with Gasteiger partial charge in [0.2, 0.25) is 0 Å². The third-order valence-electron chi connectivity index (χ3n) is 4.70. The molecule has 0 radical (unpaired) electrons. The number of aromatic nitrogens is 3. The molecule has 3 aromatic rings. The van der Waals surface area contributed by atoms with Crippen LogP contribution < -0.4 is 20.1 Å². The summed E-state index contributed by atoms with van der Waals surface area (Å²) in [4.78, 5) is 8.66. The first kappa shape index (κ1) is 22.1. The molecule has 0 amide bonds. The molecule has 0 spiro atoms. The Hall–Kier alpha value is -3.55. The van der Waals surface area contributed by atoms with Crippen molar-refractivity contribution < 1.29 is 9.47 Å². The Balaban J connectivity index is 1.45. The Labute approximate surface area is 183 Å². The number of nitrogens with zero attached hydrogens (tertiary/aromatic N) is 4. The molecule has 164 valence electrons. The highest BCUT2D eigenvalue weighted by Gasteiger charge is 2.06. The molecule has 0 aliphatic carbocycles. The van der Waals surface area contributed by atoms with Crippen molar-refractivity contribution in [3.05, 3.63) is 66.1 Å². The van der Waals surface area contributed by atoms with Crippen LogP contribution in [0.5, 0.6) is 11.5 Å². The van der Waals surface area contributed by atoms with E-state index in [1.54, 1.807) is 31.2 Å². The monoisotopic (exact) mass is 422 g/mol. The average Bonchev–Trinajstić information content (AvgIpc) is 3.34. The van der Waals surface area contributed by atoms with Crippen LogP contribution in [0.2, 0.25) is 0 Å². The number of methoxy groups -OCH3 is 1. The lowest BCUT2D eigenvalue weighted by molar-refractivity contribution is 0.310. The van der Waals surface area contributed by atoms with Crippen LogP contribution in [0.4, 0.5) is 0 Å². The molecule has 0 atom stereocenters. The molecular formula is C23H30N6O2. The second-order valence-electron chi connectivity index (χ2n) is 6.85. The molecule has 2 aromatic heterocycles. The van der Waals surface area contributed by atoms with Crippen LogP contribution in [0.3, 0.4) is 0 Å². The summed E-state index contributed by atoms with van der Waals surface area (Å²) in [7, 11) is 3.43. The minimum atomic E-state index is 0.615. The SMILES string of the molecule is CCOc1cc(CCCNC(=NC)NCc2ccnc(-n3cccn3)c2)ccc1OC. The Morgan fingerprint density at radius 2 is 2.00 bits per heavy atom. The van der Waals surface area contributed by atoms with Gasteiger partial charge in [0, 0.05) is 38.7 Å². The Morgan fingerprint density at radius 3 is 2.74 bits per heavy atom. The Kier molecular flexibility index (Phi) is 8.28. The maximum Gasteiger partial charge on any atom is 0.191 e. The first-order valence-electron chi connectivity index (χ1n) is 10.4. The van der Waals surface area contributed by atoms with Crippen LogP contribution in [0.1, 0.15) is 24.5 Å². The van der Waals surface area contributed by atoms with Crippen molar-refractivity contribution in [1.29, 1.82) is 0 Å². The van der Waals surface area contributed by atoms with Gasteiger partial charge in [-0.2, -0.15) is 5.10 Å². The van der Waals surface area contributed by atoms with Crippen molar-refractivity contribution in [3.63, 3.8) is 0 Å². The predicted molar refractivity (Wildman–Crippen MR) is 122 cm³/mol. The summed E-state index contributed by atoms with van der Waals surface area (Å²) in [5.41, 5.74) is 2.32. The molecule has 1 aromatic carbocycles. The highest BCUT2D eigenvalue weighted by Crippen LogP contribution is 2.28. The Bertz CT molecular complexity index is 972. The van der Waals surface area contributed by atoms with Crippen LogP contribution in [-0.2, 0) is 13.0 Å². The van der Waals surface area contributed by atoms with E-state index in [-0.39, 0.29) is 0 Å². The molecule has 0 unspecified atom stereocenters. The van der Waals surface area contributed by atoms with Gasteiger partial charge >= 0.3 is 0 Å². The molecular weight excluding hydrogens is 392 g/mol. The predicted octanol–water partition coefficient (Wildman–Crippen LogP) is 2.97. The third kappa shape index (κ3) is 6.47. The third-order valence-corrected chi connectivity index (χ3v) is 4.70. The highest BCUT2D eigenvalue weighted by atomic mass is 16.5. The van der Waals surface area contributed by atoms with Gasteiger partial charge in [-0.3, -0.25) is 4.99 Å². The minimum absolute atomic E-state index is 0.615. The number of guanidine groups is 1. The fourth-order valence-corrected chi connectivity index (χ4v) is 3.15. The van der Waals surface area contributed by atoms with Gasteiger partial charge in [0.05, 0.1) is 13.7 Å². The molecule has 0 saturated carbocycles. The number of nitrogens with one attached hydrogen (secondary N) is 2. The van der Waals surface area contributed by atoms with Crippen LogP contribution in [-0.4, -0.2) is 48.0 Å². The van der Waals surface area contributed by atoms with Crippen LogP contribution in [0.15, 0.2) is 60.0 Å². The molecule has 2 N–H and O–H groups in total. The number of benzene rings is 1. The lowest BCUT2D eigenvalue weighted by Crippen LogP contribution is -2.37. The lowest BCUT2D eigenvalue weighted by Gasteiger charge is -2.13. The van der Waals surface area contributed by atoms with Crippen molar-refractivity contribution in [3.8, 4) is 17.3 Å². The number of hydrogen-bond donors (Lipinski definition) is 2. The molecule has 3 rings (SSSR count). The number of aryl methyl sites for hydroxylation is 1. The van der Waals surface area contributed by atoms with Gasteiger partial charge in [-0.25, -0.2) is 9.67 Å². The maximum absolute atomic E-state index is 5.66. The van der Waals surface area contributed by atoms with Gasteiger partial charge in [-0.05, 0) is 61.2 Å². The number of rotatable bonds is 10. The smallest absolute Gasteiger partial charge is 0.191 e. The van der Waals surface area contributed by atoms with Gasteiger partial charge in [0.15, 0.2) is 23.3 Å². The molecule has 0 aliphatic heterocycles. The standard InChI is InChI=1S/C23H30N6O2/c1-4-31-21-15-18(8-9-20(21)30-3)7-5-11-26-23(24-2)27-17-19-10-13-25-22(16-19)29-14-6-12-28-29/h6,8-10,12-16H,4-5,7,11,17H2,1-3H3,(H2,24,26,27). The average molecular weight is 423 g/mol. The van der Waals surface area contributed by atoms with E-state index in [0.717, 1.165) is 48.2 Å². The summed E-state index contributed by atoms with van der Waals surface area (Å²) >= 11 is 0. The number of ether oxygens (including phenoxy) is 2. The van der Waals surface area contributed by atoms with Crippen LogP contribution >= 0.6 is 0 Å². The first-order chi connectivity index (χ1) is 15.2. The molecule has 0 saturated heterocycles. The summed E-state index contributed by atoms with van der Waals surface area (Å²) in [6.07, 6.45) is 7.31. The van der Waals surface area contributed by atoms with Gasteiger partial charge < -0.3 is 20.1 Å². The lowest BCUT2D eigenvalue weighted by atomic mass is 10.1. The van der Waals surface area contributed by atoms with E-state index in [2.05, 4.69) is 37.8 Å². The van der Waals surface area contributed by atoms with E-state index in [0.29, 0.717) is 13.2 Å². The van der Waals surface area contributed by atoms with Crippen LogP contribution in [0.25, 0.3) is 5.82 Å². The minimum Gasteiger partial charge on any atom is -0.493 e. The zero-order chi connectivity index (χ0) is 21.9. The van der Waals surface area contributed by atoms with E-state index >= 15 is 0 Å². The molecule has 8 nitrogen and oxygen atoms in total. The number of hydrogen-bond acceptors (Lipinski definition) is 5. The van der Waals surface area contributed by atoms with E-state index in [9.17, 15) is 0 Å². The van der Waals surface area contributed by atoms with Crippen molar-refractivity contribution >= 4 is 5.96 Å². The molecule has 0 fully saturated rings. The van der Waals surface area contributed by atoms with E-state index < -0.39 is 0 Å². The summed E-state index contributed by atoms with van der Waals surface area (Å²) in [6.45, 7) is 4.04. The van der Waals surface area contributed by atoms with Gasteiger partial charge in [-0.15, -0.1) is 0 Å². The fourth-order valence-electron chi connectivity index (χ4n) is 3.15. The number of aliphatic imine (C=N–C) groups is 1. The first-order valence-corrected chi connectivity index (χ1v) is 10.4. The van der Waals surface area contributed by atoms with E-state index in [1.807, 2.05) is 37.4 Å². The summed E-state index contributed by atoms with van der Waals surface area (Å²) < 4.78 is 12.7. The van der Waals surface area contributed by atoms with Crippen molar-refractivity contribution in [2.45, 2.75) is 26.3 Å². The van der Waals surface area contributed by atoms with Crippen LogP contribution in [0, 0.1) is 0 Å². The summed E-state index contributed by atoms with van der Waals surface area (Å²) in [5.74, 6) is 3.11. The molecule has 31 heavy (non-hydrogen) atoms. The summed E-state index contributed by atoms with van der Waals surface area (Å²) in [6, 6.07) is 12.0. The second kappa shape index (κ2) is 11.6. The van der Waals surface area contributed by atoms with Crippen molar-refractivity contribution in [2.24, 2.45) is 4.99 Å². The van der Waals surface area contributed by atoms with Gasteiger partial charge in [-0.1, -0.05) is 6.07 Å².